The monoisotopic (exact) mass is 257 g/mol. The predicted molar refractivity (Wildman–Crippen MR) is 66.2 cm³/mol. The Labute approximate surface area is 108 Å². The quantitative estimate of drug-likeness (QED) is 0.350. The van der Waals surface area contributed by atoms with Gasteiger partial charge in [0.15, 0.2) is 0 Å². The number of unbranched alkanes of at least 4 members (excludes halogenated alkanes) is 1. The summed E-state index contributed by atoms with van der Waals surface area (Å²) >= 11 is 0. The van der Waals surface area contributed by atoms with Gasteiger partial charge in [-0.25, -0.2) is 9.98 Å². The Bertz CT molecular complexity index is 716. The molecule has 0 saturated carbocycles. The number of rotatable bonds is 4. The van der Waals surface area contributed by atoms with Crippen LogP contribution in [0.2, 0.25) is 0 Å². The largest absolute Gasteiger partial charge is 0.338 e. The molecule has 7 nitrogen and oxygen atoms in total. The fourth-order valence-electron chi connectivity index (χ4n) is 1.88. The van der Waals surface area contributed by atoms with Gasteiger partial charge in [0.1, 0.15) is 0 Å². The second-order valence-corrected chi connectivity index (χ2v) is 4.06. The van der Waals surface area contributed by atoms with Crippen molar-refractivity contribution in [3.05, 3.63) is 38.9 Å². The first-order chi connectivity index (χ1) is 9.17. The van der Waals surface area contributed by atoms with Crippen LogP contribution >= 0.6 is 0 Å². The van der Waals surface area contributed by atoms with E-state index in [0.717, 1.165) is 12.8 Å². The van der Waals surface area contributed by atoms with Crippen LogP contribution in [0.1, 0.15) is 25.3 Å². The molecule has 0 fully saturated rings. The molecule has 1 aliphatic rings. The van der Waals surface area contributed by atoms with E-state index in [1.54, 1.807) is 6.07 Å². The summed E-state index contributed by atoms with van der Waals surface area (Å²) in [5.74, 6) is -1.76. The lowest BCUT2D eigenvalue weighted by molar-refractivity contribution is -0.135. The molecule has 1 aromatic rings. The van der Waals surface area contributed by atoms with Gasteiger partial charge in [0.25, 0.3) is 0 Å². The Morgan fingerprint density at radius 2 is 2.00 bits per heavy atom. The Balaban J connectivity index is 2.73. The van der Waals surface area contributed by atoms with Gasteiger partial charge >= 0.3 is 11.8 Å². The zero-order chi connectivity index (χ0) is 13.8. The minimum absolute atomic E-state index is 0.350. The maximum absolute atomic E-state index is 11.3. The third-order valence-electron chi connectivity index (χ3n) is 2.79. The Kier molecular flexibility index (Phi) is 3.68. The Morgan fingerprint density at radius 1 is 1.26 bits per heavy atom. The van der Waals surface area contributed by atoms with E-state index in [9.17, 15) is 9.59 Å². The topological polar surface area (TPSA) is 108 Å². The average molecular weight is 257 g/mol. The highest BCUT2D eigenvalue weighted by Crippen LogP contribution is 2.16. The number of azide groups is 1. The molecule has 0 atom stereocenters. The molecule has 1 aliphatic heterocycles. The first-order valence-electron chi connectivity index (χ1n) is 5.90. The summed E-state index contributed by atoms with van der Waals surface area (Å²) in [7, 11) is 0. The molecular formula is C12H11N5O2. The average Bonchev–Trinajstić information content (AvgIpc) is 2.40. The molecule has 7 heteroatoms. The molecule has 1 heterocycles. The van der Waals surface area contributed by atoms with Crippen molar-refractivity contribution in [3.63, 3.8) is 0 Å². The van der Waals surface area contributed by atoms with Gasteiger partial charge in [0.2, 0.25) is 0 Å². The zero-order valence-corrected chi connectivity index (χ0v) is 10.3. The Morgan fingerprint density at radius 3 is 2.68 bits per heavy atom. The van der Waals surface area contributed by atoms with Gasteiger partial charge in [0, 0.05) is 10.6 Å². The van der Waals surface area contributed by atoms with E-state index < -0.39 is 11.8 Å². The molecule has 0 radical (unpaired) electrons. The van der Waals surface area contributed by atoms with Gasteiger partial charge in [-0.1, -0.05) is 24.5 Å². The molecule has 96 valence electrons. The molecular weight excluding hydrogens is 246 g/mol. The lowest BCUT2D eigenvalue weighted by Crippen LogP contribution is -2.37. The summed E-state index contributed by atoms with van der Waals surface area (Å²) in [5.41, 5.74) is 9.65. The minimum Gasteiger partial charge on any atom is -0.261 e. The van der Waals surface area contributed by atoms with Gasteiger partial charge in [-0.15, -0.1) is 0 Å². The van der Waals surface area contributed by atoms with Crippen LogP contribution in [0.5, 0.6) is 0 Å². The standard InChI is InChI=1S/C12H11N5O2/c1-2-3-4-7-8(16-17-13)5-6-9-10(7)15-12(19)11(18)14-9/h5-6H,2-4H2,1H3. The van der Waals surface area contributed by atoms with Crippen molar-refractivity contribution in [2.75, 3.05) is 0 Å². The molecule has 0 aliphatic carbocycles. The smallest absolute Gasteiger partial charge is 0.261 e. The van der Waals surface area contributed by atoms with E-state index >= 15 is 0 Å². The zero-order valence-electron chi connectivity index (χ0n) is 10.3. The molecule has 0 spiro atoms. The SMILES string of the molecule is CCCCc1c(N=[N+]=[N-])ccc2c1=NC(=O)C(=O)N=2. The van der Waals surface area contributed by atoms with Crippen LogP contribution in [-0.2, 0) is 16.0 Å². The van der Waals surface area contributed by atoms with Gasteiger partial charge < -0.3 is 0 Å². The van der Waals surface area contributed by atoms with Crippen LogP contribution in [0.4, 0.5) is 5.69 Å². The fraction of sp³-hybridized carbons (Fsp3) is 0.333. The molecule has 19 heavy (non-hydrogen) atoms. The van der Waals surface area contributed by atoms with Crippen LogP contribution < -0.4 is 10.7 Å². The number of benzene rings is 1. The highest BCUT2D eigenvalue weighted by atomic mass is 16.2. The molecule has 2 rings (SSSR count). The van der Waals surface area contributed by atoms with Crippen molar-refractivity contribution in [2.24, 2.45) is 15.1 Å². The highest BCUT2D eigenvalue weighted by molar-refractivity contribution is 6.36. The lowest BCUT2D eigenvalue weighted by atomic mass is 10.0. The summed E-state index contributed by atoms with van der Waals surface area (Å²) in [5, 5.41) is 4.30. The third-order valence-corrected chi connectivity index (χ3v) is 2.79. The highest BCUT2D eigenvalue weighted by Gasteiger charge is 2.17. The van der Waals surface area contributed by atoms with E-state index in [-0.39, 0.29) is 0 Å². The van der Waals surface area contributed by atoms with Gasteiger partial charge in [-0.3, -0.25) is 9.59 Å². The molecule has 1 aromatic carbocycles. The lowest BCUT2D eigenvalue weighted by Gasteiger charge is -2.07. The summed E-state index contributed by atoms with van der Waals surface area (Å²) in [6.07, 6.45) is 2.43. The van der Waals surface area contributed by atoms with Crippen LogP contribution in [0, 0.1) is 0 Å². The van der Waals surface area contributed by atoms with Crippen molar-refractivity contribution in [1.82, 2.24) is 0 Å². The summed E-state index contributed by atoms with van der Waals surface area (Å²) < 4.78 is 0. The molecule has 0 saturated heterocycles. The number of hydrogen-bond donors (Lipinski definition) is 0. The number of amides is 2. The van der Waals surface area contributed by atoms with E-state index in [2.05, 4.69) is 20.0 Å². The first kappa shape index (κ1) is 12.9. The maximum atomic E-state index is 11.3. The van der Waals surface area contributed by atoms with E-state index in [0.29, 0.717) is 28.4 Å². The van der Waals surface area contributed by atoms with Gasteiger partial charge in [-0.05, 0) is 30.0 Å². The minimum atomic E-state index is -0.886. The van der Waals surface area contributed by atoms with Crippen molar-refractivity contribution in [2.45, 2.75) is 26.2 Å². The van der Waals surface area contributed by atoms with Gasteiger partial charge in [0.05, 0.1) is 10.7 Å². The van der Waals surface area contributed by atoms with Crippen molar-refractivity contribution < 1.29 is 9.59 Å². The van der Waals surface area contributed by atoms with E-state index in [1.807, 2.05) is 6.92 Å². The fourth-order valence-corrected chi connectivity index (χ4v) is 1.88. The van der Waals surface area contributed by atoms with Crippen LogP contribution in [-0.4, -0.2) is 11.8 Å². The molecule has 0 aromatic heterocycles. The second kappa shape index (κ2) is 5.41. The normalized spacial score (nSPS) is 13.1. The van der Waals surface area contributed by atoms with Crippen LogP contribution in [0.25, 0.3) is 10.4 Å². The van der Waals surface area contributed by atoms with Crippen molar-refractivity contribution in [3.8, 4) is 0 Å². The summed E-state index contributed by atoms with van der Waals surface area (Å²) in [6, 6.07) is 3.12. The molecule has 0 N–H and O–H groups in total. The van der Waals surface area contributed by atoms with E-state index in [4.69, 9.17) is 5.53 Å². The van der Waals surface area contributed by atoms with Crippen LogP contribution in [0.3, 0.4) is 0 Å². The Hall–Kier alpha value is -2.53. The number of fused-ring (bicyclic) bond motifs is 1. The molecule has 0 bridgehead atoms. The first-order valence-corrected chi connectivity index (χ1v) is 5.90. The van der Waals surface area contributed by atoms with E-state index in [1.165, 1.54) is 6.07 Å². The van der Waals surface area contributed by atoms with Gasteiger partial charge in [-0.2, -0.15) is 0 Å². The third kappa shape index (κ3) is 2.51. The number of carbonyl (C=O) groups is 2. The molecule has 0 unspecified atom stereocenters. The van der Waals surface area contributed by atoms with Crippen molar-refractivity contribution in [1.29, 1.82) is 0 Å². The number of hydrogen-bond acceptors (Lipinski definition) is 3. The summed E-state index contributed by atoms with van der Waals surface area (Å²) in [4.78, 5) is 32.7. The summed E-state index contributed by atoms with van der Waals surface area (Å²) in [6.45, 7) is 2.03. The van der Waals surface area contributed by atoms with Crippen LogP contribution in [0.15, 0.2) is 27.2 Å². The molecule has 2 amide bonds. The number of carbonyl (C=O) groups excluding carboxylic acids is 2. The maximum Gasteiger partial charge on any atom is 0.338 e. The second-order valence-electron chi connectivity index (χ2n) is 4.06. The van der Waals surface area contributed by atoms with Crippen molar-refractivity contribution >= 4 is 17.5 Å². The predicted octanol–water partition coefficient (Wildman–Crippen LogP) is 1.28. The number of nitrogens with zero attached hydrogens (tertiary/aromatic N) is 5.